The molecular formula is C27H31F3N4O4. The molecule has 2 amide bonds. The second kappa shape index (κ2) is 11.0. The van der Waals surface area contributed by atoms with E-state index in [0.717, 1.165) is 16.7 Å². The van der Waals surface area contributed by atoms with Crippen molar-refractivity contribution in [2.75, 3.05) is 32.7 Å². The van der Waals surface area contributed by atoms with E-state index in [1.54, 1.807) is 11.0 Å². The Morgan fingerprint density at radius 1 is 1.00 bits per heavy atom. The summed E-state index contributed by atoms with van der Waals surface area (Å²) in [5.74, 6) is -0.0656. The van der Waals surface area contributed by atoms with Crippen LogP contribution in [0.3, 0.4) is 0 Å². The number of halogens is 3. The molecule has 204 valence electrons. The molecule has 0 bridgehead atoms. The van der Waals surface area contributed by atoms with Gasteiger partial charge in [0, 0.05) is 56.8 Å². The first-order valence-corrected chi connectivity index (χ1v) is 12.8. The first kappa shape index (κ1) is 26.6. The molecule has 2 atom stereocenters. The number of nitrogens with zero attached hydrogens (tertiary/aromatic N) is 3. The Labute approximate surface area is 219 Å². The van der Waals surface area contributed by atoms with Crippen molar-refractivity contribution >= 4 is 11.8 Å². The maximum absolute atomic E-state index is 12.6. The summed E-state index contributed by atoms with van der Waals surface area (Å²) in [7, 11) is 0. The normalized spacial score (nSPS) is 23.4. The zero-order valence-corrected chi connectivity index (χ0v) is 20.9. The molecule has 2 N–H and O–H groups in total. The minimum Gasteiger partial charge on any atom is -0.489 e. The number of nitrogens with one attached hydrogen (secondary N) is 1. The highest BCUT2D eigenvalue weighted by Gasteiger charge is 2.40. The van der Waals surface area contributed by atoms with Crippen molar-refractivity contribution < 1.29 is 32.6 Å². The van der Waals surface area contributed by atoms with Crippen LogP contribution < -0.4 is 10.1 Å². The second-order valence-electron chi connectivity index (χ2n) is 10.1. The van der Waals surface area contributed by atoms with E-state index in [1.807, 2.05) is 36.4 Å². The lowest BCUT2D eigenvalue weighted by Crippen LogP contribution is -2.51. The van der Waals surface area contributed by atoms with E-state index in [0.29, 0.717) is 63.6 Å². The van der Waals surface area contributed by atoms with Crippen molar-refractivity contribution in [1.82, 2.24) is 20.0 Å². The number of imide groups is 1. The summed E-state index contributed by atoms with van der Waals surface area (Å²) in [4.78, 5) is 29.2. The molecule has 0 radical (unpaired) electrons. The van der Waals surface area contributed by atoms with Gasteiger partial charge in [0.2, 0.25) is 11.8 Å². The molecule has 0 saturated carbocycles. The van der Waals surface area contributed by atoms with Gasteiger partial charge in [0.05, 0.1) is 12.6 Å². The van der Waals surface area contributed by atoms with Gasteiger partial charge >= 0.3 is 6.18 Å². The molecule has 2 aromatic carbocycles. The number of hydrogen-bond acceptors (Lipinski definition) is 7. The third-order valence-electron chi connectivity index (χ3n) is 7.37. The number of fused-ring (bicyclic) bond motifs is 1. The molecule has 0 aliphatic carbocycles. The average Bonchev–Trinajstić information content (AvgIpc) is 3.20. The van der Waals surface area contributed by atoms with Crippen LogP contribution in [0.2, 0.25) is 0 Å². The van der Waals surface area contributed by atoms with Crippen LogP contribution in [0.15, 0.2) is 42.5 Å². The van der Waals surface area contributed by atoms with Gasteiger partial charge < -0.3 is 9.84 Å². The third kappa shape index (κ3) is 6.17. The van der Waals surface area contributed by atoms with Crippen LogP contribution in [0.5, 0.6) is 5.75 Å². The number of ether oxygens (including phenoxy) is 1. The molecular weight excluding hydrogens is 501 g/mol. The minimum absolute atomic E-state index is 0.235. The number of carbonyl (C=O) groups excluding carboxylic acids is 2. The van der Waals surface area contributed by atoms with Crippen molar-refractivity contribution in [2.24, 2.45) is 0 Å². The lowest BCUT2D eigenvalue weighted by Gasteiger charge is -2.35. The summed E-state index contributed by atoms with van der Waals surface area (Å²) in [6.07, 6.45) is -4.54. The van der Waals surface area contributed by atoms with Crippen LogP contribution in [0, 0.1) is 0 Å². The highest BCUT2D eigenvalue weighted by Crippen LogP contribution is 2.39. The van der Waals surface area contributed by atoms with Crippen LogP contribution in [0.25, 0.3) is 0 Å². The molecule has 3 aliphatic heterocycles. The maximum atomic E-state index is 12.6. The molecule has 8 nitrogen and oxygen atoms in total. The van der Waals surface area contributed by atoms with Gasteiger partial charge in [-0.1, -0.05) is 36.4 Å². The number of amides is 2. The molecule has 2 saturated heterocycles. The van der Waals surface area contributed by atoms with Gasteiger partial charge in [-0.2, -0.15) is 13.2 Å². The summed E-state index contributed by atoms with van der Waals surface area (Å²) in [6.45, 7) is 2.38. The first-order valence-electron chi connectivity index (χ1n) is 12.8. The summed E-state index contributed by atoms with van der Waals surface area (Å²) >= 11 is 0. The number of alkyl halides is 3. The van der Waals surface area contributed by atoms with E-state index < -0.39 is 30.9 Å². The fourth-order valence-electron chi connectivity index (χ4n) is 5.45. The monoisotopic (exact) mass is 532 g/mol. The third-order valence-corrected chi connectivity index (χ3v) is 7.37. The first-order chi connectivity index (χ1) is 18.2. The summed E-state index contributed by atoms with van der Waals surface area (Å²) in [6, 6.07) is 12.8. The molecule has 38 heavy (non-hydrogen) atoms. The molecule has 0 aromatic heterocycles. The SMILES string of the molecule is O=C1CCC(N2Cc3c(OCc4cccc(CN5CCN(CC(F)(F)F)CC5)c4)cccc3C2O)C(=O)N1. The number of piperazine rings is 1. The van der Waals surface area contributed by atoms with Gasteiger partial charge in [-0.3, -0.25) is 29.6 Å². The van der Waals surface area contributed by atoms with Crippen LogP contribution in [-0.4, -0.2) is 76.6 Å². The molecule has 5 rings (SSSR count). The molecule has 3 aliphatic rings. The predicted octanol–water partition coefficient (Wildman–Crippen LogP) is 2.56. The summed E-state index contributed by atoms with van der Waals surface area (Å²) < 4.78 is 44.1. The van der Waals surface area contributed by atoms with Crippen LogP contribution in [-0.2, 0) is 29.3 Å². The van der Waals surface area contributed by atoms with Crippen molar-refractivity contribution in [1.29, 1.82) is 0 Å². The topological polar surface area (TPSA) is 85.3 Å². The maximum Gasteiger partial charge on any atom is 0.401 e. The van der Waals surface area contributed by atoms with Gasteiger partial charge in [-0.25, -0.2) is 0 Å². The second-order valence-corrected chi connectivity index (χ2v) is 10.1. The predicted molar refractivity (Wildman–Crippen MR) is 132 cm³/mol. The van der Waals surface area contributed by atoms with E-state index in [4.69, 9.17) is 4.74 Å². The number of piperidine rings is 1. The number of hydrogen-bond donors (Lipinski definition) is 2. The molecule has 0 spiro atoms. The quantitative estimate of drug-likeness (QED) is 0.531. The van der Waals surface area contributed by atoms with Crippen molar-refractivity contribution in [3.8, 4) is 5.75 Å². The number of carbonyl (C=O) groups is 2. The number of aliphatic hydroxyl groups is 1. The van der Waals surface area contributed by atoms with Gasteiger partial charge in [-0.05, 0) is 23.6 Å². The highest BCUT2D eigenvalue weighted by atomic mass is 19.4. The van der Waals surface area contributed by atoms with E-state index >= 15 is 0 Å². The molecule has 11 heteroatoms. The Bertz CT molecular complexity index is 1180. The van der Waals surface area contributed by atoms with E-state index in [-0.39, 0.29) is 12.3 Å². The van der Waals surface area contributed by atoms with Gasteiger partial charge in [-0.15, -0.1) is 0 Å². The van der Waals surface area contributed by atoms with Crippen molar-refractivity contribution in [3.63, 3.8) is 0 Å². The molecule has 2 fully saturated rings. The van der Waals surface area contributed by atoms with Gasteiger partial charge in [0.1, 0.15) is 18.6 Å². The van der Waals surface area contributed by atoms with Crippen LogP contribution in [0.4, 0.5) is 13.2 Å². The minimum atomic E-state index is -4.17. The van der Waals surface area contributed by atoms with Crippen molar-refractivity contribution in [2.45, 2.75) is 51.0 Å². The van der Waals surface area contributed by atoms with Gasteiger partial charge in [0.25, 0.3) is 0 Å². The summed E-state index contributed by atoms with van der Waals surface area (Å²) in [5.41, 5.74) is 3.52. The van der Waals surface area contributed by atoms with Gasteiger partial charge in [0.15, 0.2) is 0 Å². The van der Waals surface area contributed by atoms with E-state index in [9.17, 15) is 27.9 Å². The fraction of sp³-hybridized carbons (Fsp3) is 0.481. The van der Waals surface area contributed by atoms with E-state index in [1.165, 1.54) is 4.90 Å². The Hall–Kier alpha value is -2.99. The Morgan fingerprint density at radius 3 is 2.45 bits per heavy atom. The fourth-order valence-corrected chi connectivity index (χ4v) is 5.45. The highest BCUT2D eigenvalue weighted by molar-refractivity contribution is 6.00. The summed E-state index contributed by atoms with van der Waals surface area (Å²) in [5, 5.41) is 13.2. The smallest absolute Gasteiger partial charge is 0.401 e. The van der Waals surface area contributed by atoms with Crippen molar-refractivity contribution in [3.05, 3.63) is 64.7 Å². The zero-order chi connectivity index (χ0) is 26.9. The standard InChI is InChI=1S/C27H31F3N4O4/c28-27(29,30)17-33-11-9-32(10-12-33)14-18-3-1-4-19(13-18)16-38-23-6-2-5-20-21(23)15-34(26(20)37)22-7-8-24(35)31-25(22)36/h1-6,13,22,26,37H,7-12,14-17H2,(H,31,35,36). The van der Waals surface area contributed by atoms with Crippen LogP contribution in [0.1, 0.15) is 41.3 Å². The van der Waals surface area contributed by atoms with E-state index in [2.05, 4.69) is 10.2 Å². The van der Waals surface area contributed by atoms with Crippen LogP contribution >= 0.6 is 0 Å². The lowest BCUT2D eigenvalue weighted by molar-refractivity contribution is -0.149. The molecule has 2 aromatic rings. The molecule has 2 unspecified atom stereocenters. The Morgan fingerprint density at radius 2 is 1.71 bits per heavy atom. The average molecular weight is 533 g/mol. The zero-order valence-electron chi connectivity index (χ0n) is 20.9. The largest absolute Gasteiger partial charge is 0.489 e. The Balaban J connectivity index is 1.18. The number of rotatable bonds is 7. The lowest BCUT2D eigenvalue weighted by atomic mass is 10.0. The molecule has 3 heterocycles. The number of benzene rings is 2. The number of aliphatic hydroxyl groups excluding tert-OH is 1. The Kier molecular flexibility index (Phi) is 7.71.